The van der Waals surface area contributed by atoms with Crippen LogP contribution in [0.25, 0.3) is 11.3 Å². The van der Waals surface area contributed by atoms with Crippen LogP contribution in [0, 0.1) is 0 Å². The Morgan fingerprint density at radius 2 is 1.88 bits per heavy atom. The Bertz CT molecular complexity index is 921. The van der Waals surface area contributed by atoms with Crippen LogP contribution >= 0.6 is 0 Å². The Labute approximate surface area is 201 Å². The molecule has 10 heteroatoms. The highest BCUT2D eigenvalue weighted by Crippen LogP contribution is 2.42. The van der Waals surface area contributed by atoms with Crippen molar-refractivity contribution in [2.24, 2.45) is 5.73 Å². The fraction of sp³-hybridized carbons (Fsp3) is 0.542. The zero-order valence-corrected chi connectivity index (χ0v) is 20.6. The molecular formula is C24H37FN4O5. The molecule has 1 aromatic heterocycles. The Morgan fingerprint density at radius 1 is 1.26 bits per heavy atom. The van der Waals surface area contributed by atoms with Crippen LogP contribution in [0.5, 0.6) is 0 Å². The van der Waals surface area contributed by atoms with Crippen molar-refractivity contribution in [1.29, 1.82) is 0 Å². The molecule has 3 N–H and O–H groups in total. The van der Waals surface area contributed by atoms with E-state index in [9.17, 15) is 9.18 Å². The van der Waals surface area contributed by atoms with E-state index in [2.05, 4.69) is 14.9 Å². The highest BCUT2D eigenvalue weighted by atomic mass is 19.1. The minimum absolute atomic E-state index is 0. The lowest BCUT2D eigenvalue weighted by Gasteiger charge is -2.34. The molecule has 9 nitrogen and oxygen atoms in total. The van der Waals surface area contributed by atoms with Gasteiger partial charge in [0.1, 0.15) is 24.1 Å². The monoisotopic (exact) mass is 480 g/mol. The maximum atomic E-state index is 14.1. The van der Waals surface area contributed by atoms with Gasteiger partial charge < -0.3 is 15.2 Å². The maximum absolute atomic E-state index is 14.1. The Kier molecular flexibility index (Phi) is 9.45. The number of rotatable bonds is 5. The molecule has 34 heavy (non-hydrogen) atoms. The highest BCUT2D eigenvalue weighted by molar-refractivity contribution is 5.70. The zero-order chi connectivity index (χ0) is 25.5. The topological polar surface area (TPSA) is 120 Å². The van der Waals surface area contributed by atoms with Crippen molar-refractivity contribution < 1.29 is 30.2 Å². The summed E-state index contributed by atoms with van der Waals surface area (Å²) in [6.07, 6.45) is 2.10. The summed E-state index contributed by atoms with van der Waals surface area (Å²) in [5, 5.41) is 7.38. The minimum Gasteiger partial charge on any atom is -0.444 e. The molecule has 2 atom stereocenters. The van der Waals surface area contributed by atoms with Crippen molar-refractivity contribution in [2.45, 2.75) is 71.6 Å². The number of hydrogen-bond acceptors (Lipinski definition) is 8. The molecule has 0 spiro atoms. The molecule has 190 valence electrons. The smallest absolute Gasteiger partial charge is 0.413 e. The second kappa shape index (κ2) is 11.7. The van der Waals surface area contributed by atoms with Gasteiger partial charge in [-0.25, -0.2) is 14.1 Å². The first-order valence-electron chi connectivity index (χ1n) is 11.1. The normalized spacial score (nSPS) is 19.4. The van der Waals surface area contributed by atoms with Gasteiger partial charge in [-0.3, -0.25) is 20.1 Å². The van der Waals surface area contributed by atoms with E-state index in [1.165, 1.54) is 4.90 Å². The van der Waals surface area contributed by atoms with E-state index in [0.29, 0.717) is 24.5 Å². The first-order valence-corrected chi connectivity index (χ1v) is 11.1. The van der Waals surface area contributed by atoms with Gasteiger partial charge in [0, 0.05) is 13.5 Å². The zero-order valence-electron chi connectivity index (χ0n) is 20.6. The van der Waals surface area contributed by atoms with Gasteiger partial charge in [-0.15, -0.1) is 0 Å². The SMILES string of the molecule is CC(C)(C)OC(=O)N1[C@H](CF)[C@@H](c2ccc(-c3cnc(CN)cn3)cc2)OC1(C)C.CCOO.[HH]. The summed E-state index contributed by atoms with van der Waals surface area (Å²) in [5.74, 6) is 0. The molecule has 0 bridgehead atoms. The van der Waals surface area contributed by atoms with Crippen molar-refractivity contribution in [3.05, 3.63) is 47.9 Å². The Morgan fingerprint density at radius 3 is 2.32 bits per heavy atom. The van der Waals surface area contributed by atoms with Gasteiger partial charge in [0.05, 0.1) is 36.4 Å². The number of carbonyl (C=O) groups is 1. The third-order valence-corrected chi connectivity index (χ3v) is 5.00. The van der Waals surface area contributed by atoms with Crippen LogP contribution in [0.4, 0.5) is 9.18 Å². The summed E-state index contributed by atoms with van der Waals surface area (Å²) < 4.78 is 25.7. The molecule has 2 heterocycles. The van der Waals surface area contributed by atoms with Gasteiger partial charge in [-0.05, 0) is 47.1 Å². The summed E-state index contributed by atoms with van der Waals surface area (Å²) in [6.45, 7) is 10.5. The highest BCUT2D eigenvalue weighted by Gasteiger charge is 2.51. The van der Waals surface area contributed by atoms with Crippen molar-refractivity contribution >= 4 is 6.09 Å². The summed E-state index contributed by atoms with van der Waals surface area (Å²) in [7, 11) is 0. The van der Waals surface area contributed by atoms with Crippen molar-refractivity contribution in [3.8, 4) is 11.3 Å². The largest absolute Gasteiger partial charge is 0.444 e. The lowest BCUT2D eigenvalue weighted by atomic mass is 10.0. The number of ether oxygens (including phenoxy) is 2. The van der Waals surface area contributed by atoms with E-state index in [1.54, 1.807) is 53.9 Å². The second-order valence-corrected chi connectivity index (χ2v) is 9.19. The van der Waals surface area contributed by atoms with Crippen LogP contribution in [0.2, 0.25) is 0 Å². The van der Waals surface area contributed by atoms with E-state index in [4.69, 9.17) is 20.5 Å². The number of aromatic nitrogens is 2. The molecule has 1 amide bonds. The molecule has 1 aromatic carbocycles. The number of nitrogens with two attached hydrogens (primary N) is 1. The molecule has 1 aliphatic heterocycles. The van der Waals surface area contributed by atoms with Gasteiger partial charge in [0.25, 0.3) is 0 Å². The average molecular weight is 481 g/mol. The number of carbonyl (C=O) groups excluding carboxylic acids is 1. The predicted molar refractivity (Wildman–Crippen MR) is 127 cm³/mol. The van der Waals surface area contributed by atoms with Crippen LogP contribution in [0.15, 0.2) is 36.7 Å². The summed E-state index contributed by atoms with van der Waals surface area (Å²) >= 11 is 0. The molecule has 1 aliphatic rings. The standard InChI is InChI=1S/C22H29FN4O3.C2H6O2.H2/c1-21(2,3)30-20(28)27-18(10-23)19(29-22(27,4)5)15-8-6-14(7-9-15)17-13-25-16(11-24)12-26-17;1-2-4-3;/h6-9,12-13,18-19H,10-11,24H2,1-5H3;3H,2H2,1H3;1H/t18-,19-;;/m1../s1. The van der Waals surface area contributed by atoms with Crippen LogP contribution in [-0.4, -0.2) is 56.9 Å². The minimum atomic E-state index is -1.01. The van der Waals surface area contributed by atoms with Crippen molar-refractivity contribution in [2.75, 3.05) is 13.3 Å². The number of alkyl halides is 1. The van der Waals surface area contributed by atoms with Crippen molar-refractivity contribution in [1.82, 2.24) is 14.9 Å². The second-order valence-electron chi connectivity index (χ2n) is 9.19. The molecule has 2 aromatic rings. The van der Waals surface area contributed by atoms with Crippen molar-refractivity contribution in [3.63, 3.8) is 0 Å². The van der Waals surface area contributed by atoms with Crippen LogP contribution < -0.4 is 5.73 Å². The van der Waals surface area contributed by atoms with Gasteiger partial charge in [0.2, 0.25) is 0 Å². The fourth-order valence-electron chi connectivity index (χ4n) is 3.54. The Balaban J connectivity index is 0.00000114. The number of nitrogens with zero attached hydrogens (tertiary/aromatic N) is 3. The summed E-state index contributed by atoms with van der Waals surface area (Å²) in [6, 6.07) is 6.68. The maximum Gasteiger partial charge on any atom is 0.413 e. The van der Waals surface area contributed by atoms with Crippen LogP contribution in [0.3, 0.4) is 0 Å². The number of halogens is 1. The van der Waals surface area contributed by atoms with Gasteiger partial charge in [-0.1, -0.05) is 24.3 Å². The first-order chi connectivity index (χ1) is 16.0. The van der Waals surface area contributed by atoms with Gasteiger partial charge in [0.15, 0.2) is 0 Å². The van der Waals surface area contributed by atoms with E-state index in [-0.39, 0.29) is 1.43 Å². The van der Waals surface area contributed by atoms with E-state index < -0.39 is 36.2 Å². The fourth-order valence-corrected chi connectivity index (χ4v) is 3.54. The summed E-state index contributed by atoms with van der Waals surface area (Å²) in [4.78, 5) is 26.3. The lowest BCUT2D eigenvalue weighted by molar-refractivity contribution is -0.237. The van der Waals surface area contributed by atoms with Crippen LogP contribution in [-0.2, 0) is 20.9 Å². The first kappa shape index (κ1) is 27.6. The summed E-state index contributed by atoms with van der Waals surface area (Å²) in [5.41, 5.74) is 6.93. The Hall–Kier alpha value is -2.66. The van der Waals surface area contributed by atoms with E-state index in [1.807, 2.05) is 24.3 Å². The van der Waals surface area contributed by atoms with E-state index >= 15 is 0 Å². The third-order valence-electron chi connectivity index (χ3n) is 5.00. The molecule has 0 aliphatic carbocycles. The molecule has 3 rings (SSSR count). The quantitative estimate of drug-likeness (QED) is 0.466. The molecule has 0 radical (unpaired) electrons. The van der Waals surface area contributed by atoms with Gasteiger partial charge in [-0.2, -0.15) is 0 Å². The van der Waals surface area contributed by atoms with Crippen LogP contribution in [0.1, 0.15) is 60.3 Å². The molecule has 0 unspecified atom stereocenters. The number of amides is 1. The van der Waals surface area contributed by atoms with E-state index in [0.717, 1.165) is 11.1 Å². The predicted octanol–water partition coefficient (Wildman–Crippen LogP) is 4.73. The lowest BCUT2D eigenvalue weighted by Crippen LogP contribution is -2.50. The third kappa shape index (κ3) is 6.92. The molecular weight excluding hydrogens is 443 g/mol. The van der Waals surface area contributed by atoms with Gasteiger partial charge >= 0.3 is 6.09 Å². The molecule has 1 saturated heterocycles. The number of benzene rings is 1. The molecule has 1 fully saturated rings. The average Bonchev–Trinajstić information content (AvgIpc) is 3.08. The number of hydrogen-bond donors (Lipinski definition) is 2. The molecule has 0 saturated carbocycles.